The number of aliphatic hydroxyl groups excluding tert-OH is 1. The van der Waals surface area contributed by atoms with Gasteiger partial charge in [-0.3, -0.25) is 9.59 Å². The molecule has 0 saturated carbocycles. The molecule has 5 heteroatoms. The monoisotopic (exact) mass is 278 g/mol. The molecule has 5 nitrogen and oxygen atoms in total. The number of nitrogens with one attached hydrogen (secondary N) is 1. The lowest BCUT2D eigenvalue weighted by Gasteiger charge is -2.23. The van der Waals surface area contributed by atoms with Gasteiger partial charge in [-0.05, 0) is 11.5 Å². The van der Waals surface area contributed by atoms with E-state index in [4.69, 9.17) is 5.73 Å². The van der Waals surface area contributed by atoms with E-state index < -0.39 is 12.0 Å². The third-order valence-electron chi connectivity index (χ3n) is 3.45. The fraction of sp³-hybridized carbons (Fsp3) is 0.467. The van der Waals surface area contributed by atoms with Crippen LogP contribution < -0.4 is 11.1 Å². The van der Waals surface area contributed by atoms with E-state index in [-0.39, 0.29) is 24.3 Å². The minimum Gasteiger partial charge on any atom is -0.381 e. The van der Waals surface area contributed by atoms with Crippen molar-refractivity contribution in [1.29, 1.82) is 0 Å². The van der Waals surface area contributed by atoms with E-state index >= 15 is 0 Å². The van der Waals surface area contributed by atoms with Gasteiger partial charge in [-0.25, -0.2) is 0 Å². The van der Waals surface area contributed by atoms with Gasteiger partial charge in [-0.2, -0.15) is 0 Å². The van der Waals surface area contributed by atoms with Crippen molar-refractivity contribution in [2.75, 3.05) is 6.54 Å². The Labute approximate surface area is 119 Å². The number of carbonyl (C=O) groups is 2. The Bertz CT molecular complexity index is 448. The summed E-state index contributed by atoms with van der Waals surface area (Å²) >= 11 is 0. The Kier molecular flexibility index (Phi) is 6.18. The van der Waals surface area contributed by atoms with Crippen molar-refractivity contribution in [3.8, 4) is 0 Å². The second-order valence-electron chi connectivity index (χ2n) is 4.94. The molecule has 2 amide bonds. The van der Waals surface area contributed by atoms with Crippen molar-refractivity contribution in [3.05, 3.63) is 35.9 Å². The van der Waals surface area contributed by atoms with Gasteiger partial charge in [0.1, 0.15) is 6.10 Å². The molecule has 110 valence electrons. The van der Waals surface area contributed by atoms with E-state index in [0.717, 1.165) is 12.0 Å². The summed E-state index contributed by atoms with van der Waals surface area (Å²) in [7, 11) is 0. The van der Waals surface area contributed by atoms with Gasteiger partial charge >= 0.3 is 0 Å². The van der Waals surface area contributed by atoms with E-state index in [1.165, 1.54) is 0 Å². The topological polar surface area (TPSA) is 92.4 Å². The van der Waals surface area contributed by atoms with Gasteiger partial charge in [0, 0.05) is 0 Å². The zero-order chi connectivity index (χ0) is 15.1. The largest absolute Gasteiger partial charge is 0.381 e. The van der Waals surface area contributed by atoms with Crippen LogP contribution >= 0.6 is 0 Å². The molecule has 0 fully saturated rings. The van der Waals surface area contributed by atoms with Crippen molar-refractivity contribution in [1.82, 2.24) is 5.32 Å². The lowest BCUT2D eigenvalue weighted by Crippen LogP contribution is -2.42. The number of hydrogen-bond donors (Lipinski definition) is 3. The molecule has 0 spiro atoms. The summed E-state index contributed by atoms with van der Waals surface area (Å²) in [5, 5.41) is 11.9. The second kappa shape index (κ2) is 7.65. The molecule has 4 N–H and O–H groups in total. The maximum absolute atomic E-state index is 12.3. The molecule has 0 aromatic heterocycles. The van der Waals surface area contributed by atoms with E-state index in [0.29, 0.717) is 0 Å². The highest BCUT2D eigenvalue weighted by atomic mass is 16.3. The highest BCUT2D eigenvalue weighted by Gasteiger charge is 2.26. The fourth-order valence-electron chi connectivity index (χ4n) is 2.04. The Morgan fingerprint density at radius 2 is 1.90 bits per heavy atom. The van der Waals surface area contributed by atoms with Crippen molar-refractivity contribution in [3.63, 3.8) is 0 Å². The summed E-state index contributed by atoms with van der Waals surface area (Å²) in [5.74, 6) is -1.19. The van der Waals surface area contributed by atoms with Crippen LogP contribution in [-0.4, -0.2) is 29.6 Å². The van der Waals surface area contributed by atoms with Crippen molar-refractivity contribution >= 4 is 11.8 Å². The second-order valence-corrected chi connectivity index (χ2v) is 4.94. The Morgan fingerprint density at radius 3 is 2.40 bits per heavy atom. The smallest absolute Gasteiger partial charge is 0.248 e. The predicted molar refractivity (Wildman–Crippen MR) is 76.8 cm³/mol. The third kappa shape index (κ3) is 4.35. The number of rotatable bonds is 7. The SMILES string of the molecule is CCC(C)C(C(=O)NCC(O)C(N)=O)c1ccccc1. The molecular weight excluding hydrogens is 256 g/mol. The molecule has 0 radical (unpaired) electrons. The molecular formula is C15H22N2O3. The Morgan fingerprint density at radius 1 is 1.30 bits per heavy atom. The van der Waals surface area contributed by atoms with E-state index in [2.05, 4.69) is 5.32 Å². The summed E-state index contributed by atoms with van der Waals surface area (Å²) in [6.07, 6.45) is -0.502. The lowest BCUT2D eigenvalue weighted by molar-refractivity contribution is -0.127. The van der Waals surface area contributed by atoms with Crippen LogP contribution in [0.25, 0.3) is 0 Å². The average molecular weight is 278 g/mol. The molecule has 0 saturated heterocycles. The van der Waals surface area contributed by atoms with Gasteiger partial charge in [-0.1, -0.05) is 50.6 Å². The Hall–Kier alpha value is -1.88. The van der Waals surface area contributed by atoms with Gasteiger partial charge < -0.3 is 16.2 Å². The van der Waals surface area contributed by atoms with Crippen LogP contribution in [-0.2, 0) is 9.59 Å². The zero-order valence-corrected chi connectivity index (χ0v) is 11.9. The molecule has 0 aliphatic carbocycles. The molecule has 0 aliphatic rings. The van der Waals surface area contributed by atoms with Gasteiger partial charge in [0.15, 0.2) is 0 Å². The normalized spacial score (nSPS) is 15.2. The molecule has 1 rings (SSSR count). The highest BCUT2D eigenvalue weighted by Crippen LogP contribution is 2.26. The van der Waals surface area contributed by atoms with Crippen LogP contribution in [0.15, 0.2) is 30.3 Å². The first-order chi connectivity index (χ1) is 9.47. The number of amides is 2. The number of carbonyl (C=O) groups excluding carboxylic acids is 2. The number of benzene rings is 1. The van der Waals surface area contributed by atoms with Crippen molar-refractivity contribution in [2.45, 2.75) is 32.3 Å². The standard InChI is InChI=1S/C15H22N2O3/c1-3-10(2)13(11-7-5-4-6-8-11)15(20)17-9-12(18)14(16)19/h4-8,10,12-13,18H,3,9H2,1-2H3,(H2,16,19)(H,17,20). The van der Waals surface area contributed by atoms with Crippen molar-refractivity contribution < 1.29 is 14.7 Å². The predicted octanol–water partition coefficient (Wildman–Crippen LogP) is 0.779. The van der Waals surface area contributed by atoms with Crippen molar-refractivity contribution in [2.24, 2.45) is 11.7 Å². The summed E-state index contributed by atoms with van der Waals surface area (Å²) in [6.45, 7) is 3.86. The molecule has 1 aromatic carbocycles. The molecule has 3 atom stereocenters. The minimum atomic E-state index is -1.35. The number of nitrogens with two attached hydrogens (primary N) is 1. The van der Waals surface area contributed by atoms with Gasteiger partial charge in [0.05, 0.1) is 12.5 Å². The van der Waals surface area contributed by atoms with E-state index in [1.54, 1.807) is 0 Å². The lowest BCUT2D eigenvalue weighted by atomic mass is 9.85. The number of hydrogen-bond acceptors (Lipinski definition) is 3. The van der Waals surface area contributed by atoms with Crippen LogP contribution in [0.2, 0.25) is 0 Å². The maximum atomic E-state index is 12.3. The first kappa shape index (κ1) is 16.2. The summed E-state index contributed by atoms with van der Waals surface area (Å²) < 4.78 is 0. The van der Waals surface area contributed by atoms with Crippen LogP contribution in [0.5, 0.6) is 0 Å². The van der Waals surface area contributed by atoms with Crippen LogP contribution in [0.3, 0.4) is 0 Å². The maximum Gasteiger partial charge on any atom is 0.248 e. The molecule has 1 aromatic rings. The molecule has 3 unspecified atom stereocenters. The molecule has 0 heterocycles. The van der Waals surface area contributed by atoms with E-state index in [1.807, 2.05) is 44.2 Å². The number of aliphatic hydroxyl groups is 1. The molecule has 20 heavy (non-hydrogen) atoms. The quantitative estimate of drug-likeness (QED) is 0.688. The summed E-state index contributed by atoms with van der Waals surface area (Å²) in [6, 6.07) is 9.47. The van der Waals surface area contributed by atoms with Crippen LogP contribution in [0.4, 0.5) is 0 Å². The van der Waals surface area contributed by atoms with Crippen LogP contribution in [0, 0.1) is 5.92 Å². The van der Waals surface area contributed by atoms with Crippen LogP contribution in [0.1, 0.15) is 31.7 Å². The number of primary amides is 1. The van der Waals surface area contributed by atoms with Gasteiger partial charge in [0.25, 0.3) is 0 Å². The summed E-state index contributed by atoms with van der Waals surface area (Å²) in [5.41, 5.74) is 5.88. The first-order valence-electron chi connectivity index (χ1n) is 6.77. The highest BCUT2D eigenvalue weighted by molar-refractivity contribution is 5.85. The Balaban J connectivity index is 2.79. The summed E-state index contributed by atoms with van der Waals surface area (Å²) in [4.78, 5) is 23.1. The molecule has 0 bridgehead atoms. The average Bonchev–Trinajstić information content (AvgIpc) is 2.45. The zero-order valence-electron chi connectivity index (χ0n) is 11.9. The van der Waals surface area contributed by atoms with Gasteiger partial charge in [0.2, 0.25) is 11.8 Å². The fourth-order valence-corrected chi connectivity index (χ4v) is 2.04. The first-order valence-corrected chi connectivity index (χ1v) is 6.77. The third-order valence-corrected chi connectivity index (χ3v) is 3.45. The minimum absolute atomic E-state index is 0.156. The van der Waals surface area contributed by atoms with E-state index in [9.17, 15) is 14.7 Å². The molecule has 0 aliphatic heterocycles. The van der Waals surface area contributed by atoms with Gasteiger partial charge in [-0.15, -0.1) is 0 Å².